The van der Waals surface area contributed by atoms with Crippen molar-refractivity contribution in [1.29, 1.82) is 0 Å². The Bertz CT molecular complexity index is 477. The molecule has 0 aromatic carbocycles. The highest BCUT2D eigenvalue weighted by Gasteiger charge is 2.28. The normalized spacial score (nSPS) is 20.1. The van der Waals surface area contributed by atoms with Gasteiger partial charge in [0.05, 0.1) is 5.56 Å². The number of carbonyl (C=O) groups excluding carboxylic acids is 1. The van der Waals surface area contributed by atoms with E-state index < -0.39 is 0 Å². The third-order valence-corrected chi connectivity index (χ3v) is 4.02. The highest BCUT2D eigenvalue weighted by atomic mass is 16.2. The summed E-state index contributed by atoms with van der Waals surface area (Å²) in [5.74, 6) is 0.790. The zero-order valence-electron chi connectivity index (χ0n) is 13.3. The number of rotatable bonds is 4. The second kappa shape index (κ2) is 7.41. The third kappa shape index (κ3) is 3.73. The summed E-state index contributed by atoms with van der Waals surface area (Å²) in [6.07, 6.45) is 3.73. The Balaban J connectivity index is 2.25. The SMILES string of the molecule is CCNc1ncccc1C(=O)N1CCCN(C)CC1CC. The van der Waals surface area contributed by atoms with Gasteiger partial charge in [-0.25, -0.2) is 4.98 Å². The molecule has 1 saturated heterocycles. The van der Waals surface area contributed by atoms with Crippen LogP contribution in [0.15, 0.2) is 18.3 Å². The molecule has 1 atom stereocenters. The number of anilines is 1. The van der Waals surface area contributed by atoms with Crippen molar-refractivity contribution in [2.24, 2.45) is 0 Å². The zero-order valence-corrected chi connectivity index (χ0v) is 13.3. The molecule has 0 saturated carbocycles. The monoisotopic (exact) mass is 290 g/mol. The van der Waals surface area contributed by atoms with Crippen LogP contribution in [0.3, 0.4) is 0 Å². The standard InChI is InChI=1S/C16H26N4O/c1-4-13-12-19(3)10-7-11-20(13)16(21)14-8-6-9-18-15(14)17-5-2/h6,8-9,13H,4-5,7,10-12H2,1-3H3,(H,17,18). The van der Waals surface area contributed by atoms with Crippen LogP contribution >= 0.6 is 0 Å². The number of aromatic nitrogens is 1. The first-order valence-corrected chi connectivity index (χ1v) is 7.85. The summed E-state index contributed by atoms with van der Waals surface area (Å²) in [6.45, 7) is 7.74. The lowest BCUT2D eigenvalue weighted by molar-refractivity contribution is 0.0676. The molecule has 0 radical (unpaired) electrons. The highest BCUT2D eigenvalue weighted by Crippen LogP contribution is 2.19. The van der Waals surface area contributed by atoms with Crippen molar-refractivity contribution in [1.82, 2.24) is 14.8 Å². The molecule has 21 heavy (non-hydrogen) atoms. The lowest BCUT2D eigenvalue weighted by Crippen LogP contribution is -2.43. The van der Waals surface area contributed by atoms with E-state index in [9.17, 15) is 4.79 Å². The van der Waals surface area contributed by atoms with Crippen LogP contribution in [0.25, 0.3) is 0 Å². The van der Waals surface area contributed by atoms with Gasteiger partial charge in [0, 0.05) is 31.9 Å². The summed E-state index contributed by atoms with van der Waals surface area (Å²) in [5, 5.41) is 3.18. The lowest BCUT2D eigenvalue weighted by Gasteiger charge is -2.30. The van der Waals surface area contributed by atoms with Gasteiger partial charge in [0.15, 0.2) is 0 Å². The molecular weight excluding hydrogens is 264 g/mol. The number of hydrogen-bond donors (Lipinski definition) is 1. The average Bonchev–Trinajstić information content (AvgIpc) is 2.68. The summed E-state index contributed by atoms with van der Waals surface area (Å²) >= 11 is 0. The minimum atomic E-state index is 0.0983. The number of hydrogen-bond acceptors (Lipinski definition) is 4. The molecule has 1 unspecified atom stereocenters. The molecular formula is C16H26N4O. The number of nitrogens with zero attached hydrogens (tertiary/aromatic N) is 3. The number of likely N-dealkylation sites (N-methyl/N-ethyl adjacent to an activating group) is 1. The fourth-order valence-electron chi connectivity index (χ4n) is 2.90. The Morgan fingerprint density at radius 2 is 2.24 bits per heavy atom. The van der Waals surface area contributed by atoms with Crippen molar-refractivity contribution in [3.63, 3.8) is 0 Å². The maximum atomic E-state index is 13.0. The number of nitrogens with one attached hydrogen (secondary N) is 1. The first kappa shape index (κ1) is 15.8. The molecule has 0 aliphatic carbocycles. The van der Waals surface area contributed by atoms with Crippen molar-refractivity contribution in [3.8, 4) is 0 Å². The van der Waals surface area contributed by atoms with E-state index in [2.05, 4.69) is 29.2 Å². The van der Waals surface area contributed by atoms with Gasteiger partial charge in [-0.2, -0.15) is 0 Å². The van der Waals surface area contributed by atoms with Gasteiger partial charge in [-0.3, -0.25) is 4.79 Å². The fraction of sp³-hybridized carbons (Fsp3) is 0.625. The van der Waals surface area contributed by atoms with E-state index in [4.69, 9.17) is 0 Å². The molecule has 1 amide bonds. The van der Waals surface area contributed by atoms with Gasteiger partial charge in [0.1, 0.15) is 5.82 Å². The van der Waals surface area contributed by atoms with Gasteiger partial charge >= 0.3 is 0 Å². The van der Waals surface area contributed by atoms with E-state index in [-0.39, 0.29) is 11.9 Å². The van der Waals surface area contributed by atoms with Gasteiger partial charge in [-0.1, -0.05) is 6.92 Å². The highest BCUT2D eigenvalue weighted by molar-refractivity contribution is 5.98. The van der Waals surface area contributed by atoms with Crippen molar-refractivity contribution >= 4 is 11.7 Å². The van der Waals surface area contributed by atoms with Crippen LogP contribution in [0, 0.1) is 0 Å². The molecule has 1 aromatic heterocycles. The molecule has 0 bridgehead atoms. The van der Waals surface area contributed by atoms with Crippen LogP contribution in [0.1, 0.15) is 37.0 Å². The van der Waals surface area contributed by atoms with Crippen molar-refractivity contribution in [3.05, 3.63) is 23.9 Å². The Kier molecular flexibility index (Phi) is 5.56. The van der Waals surface area contributed by atoms with Gasteiger partial charge < -0.3 is 15.1 Å². The van der Waals surface area contributed by atoms with E-state index in [0.29, 0.717) is 11.4 Å². The topological polar surface area (TPSA) is 48.5 Å². The molecule has 5 heteroatoms. The number of carbonyl (C=O) groups is 1. The lowest BCUT2D eigenvalue weighted by atomic mass is 10.1. The van der Waals surface area contributed by atoms with Crippen LogP contribution < -0.4 is 5.32 Å². The van der Waals surface area contributed by atoms with E-state index in [1.807, 2.05) is 24.0 Å². The Morgan fingerprint density at radius 3 is 2.95 bits per heavy atom. The molecule has 2 rings (SSSR count). The van der Waals surface area contributed by atoms with Crippen LogP contribution in [-0.4, -0.2) is 60.0 Å². The number of pyridine rings is 1. The zero-order chi connectivity index (χ0) is 15.2. The van der Waals surface area contributed by atoms with Gasteiger partial charge in [-0.05, 0) is 45.5 Å². The maximum Gasteiger partial charge on any atom is 0.257 e. The molecule has 0 spiro atoms. The van der Waals surface area contributed by atoms with E-state index in [1.54, 1.807) is 6.20 Å². The van der Waals surface area contributed by atoms with Gasteiger partial charge in [0.25, 0.3) is 5.91 Å². The van der Waals surface area contributed by atoms with Crippen molar-refractivity contribution < 1.29 is 4.79 Å². The Morgan fingerprint density at radius 1 is 1.43 bits per heavy atom. The molecule has 1 aliphatic heterocycles. The van der Waals surface area contributed by atoms with Crippen LogP contribution in [0.5, 0.6) is 0 Å². The van der Waals surface area contributed by atoms with E-state index in [1.165, 1.54) is 0 Å². The Hall–Kier alpha value is -1.62. The quantitative estimate of drug-likeness (QED) is 0.922. The second-order valence-electron chi connectivity index (χ2n) is 5.61. The van der Waals surface area contributed by atoms with E-state index >= 15 is 0 Å². The molecule has 2 heterocycles. The minimum absolute atomic E-state index is 0.0983. The summed E-state index contributed by atoms with van der Waals surface area (Å²) < 4.78 is 0. The minimum Gasteiger partial charge on any atom is -0.370 e. The molecule has 1 aliphatic rings. The fourth-order valence-corrected chi connectivity index (χ4v) is 2.90. The summed E-state index contributed by atoms with van der Waals surface area (Å²) in [6, 6.07) is 3.98. The number of amides is 1. The first-order chi connectivity index (χ1) is 10.2. The third-order valence-electron chi connectivity index (χ3n) is 4.02. The predicted octanol–water partition coefficient (Wildman–Crippen LogP) is 2.07. The van der Waals surface area contributed by atoms with Crippen LogP contribution in [0.4, 0.5) is 5.82 Å². The second-order valence-corrected chi connectivity index (χ2v) is 5.61. The predicted molar refractivity (Wildman–Crippen MR) is 85.6 cm³/mol. The molecule has 1 N–H and O–H groups in total. The molecule has 5 nitrogen and oxygen atoms in total. The largest absolute Gasteiger partial charge is 0.370 e. The van der Waals surface area contributed by atoms with Gasteiger partial charge in [0.2, 0.25) is 0 Å². The van der Waals surface area contributed by atoms with Crippen LogP contribution in [-0.2, 0) is 0 Å². The van der Waals surface area contributed by atoms with Crippen LogP contribution in [0.2, 0.25) is 0 Å². The summed E-state index contributed by atoms with van der Waals surface area (Å²) in [4.78, 5) is 21.6. The smallest absolute Gasteiger partial charge is 0.257 e. The molecule has 1 fully saturated rings. The first-order valence-electron chi connectivity index (χ1n) is 7.85. The average molecular weight is 290 g/mol. The summed E-state index contributed by atoms with van der Waals surface area (Å²) in [5.41, 5.74) is 0.683. The summed E-state index contributed by atoms with van der Waals surface area (Å²) in [7, 11) is 2.13. The van der Waals surface area contributed by atoms with Gasteiger partial charge in [-0.15, -0.1) is 0 Å². The van der Waals surface area contributed by atoms with Crippen molar-refractivity contribution in [2.45, 2.75) is 32.7 Å². The Labute approximate surface area is 127 Å². The van der Waals surface area contributed by atoms with E-state index in [0.717, 1.165) is 39.0 Å². The van der Waals surface area contributed by atoms with Crippen molar-refractivity contribution in [2.75, 3.05) is 38.5 Å². The molecule has 116 valence electrons. The molecule has 1 aromatic rings. The maximum absolute atomic E-state index is 13.0.